The van der Waals surface area contributed by atoms with Crippen molar-refractivity contribution < 1.29 is 12.6 Å². The van der Waals surface area contributed by atoms with Gasteiger partial charge in [-0.1, -0.05) is 6.92 Å². The number of hydrogen-bond donors (Lipinski definition) is 0. The van der Waals surface area contributed by atoms with Gasteiger partial charge >= 0.3 is 0 Å². The lowest BCUT2D eigenvalue weighted by molar-refractivity contribution is 0.326. The molecule has 5 heteroatoms. The molecule has 0 aromatic carbocycles. The lowest BCUT2D eigenvalue weighted by Gasteiger charge is -1.99. The maximum atomic E-state index is 10.8. The first kappa shape index (κ1) is 10.4. The molecule has 0 fully saturated rings. The van der Waals surface area contributed by atoms with Gasteiger partial charge in [0.1, 0.15) is 0 Å². The molecule has 0 heterocycles. The number of nitrogens with zero attached hydrogens (tertiary/aromatic N) is 1. The van der Waals surface area contributed by atoms with Crippen LogP contribution in [0.4, 0.5) is 0 Å². The summed E-state index contributed by atoms with van der Waals surface area (Å²) in [6, 6.07) is 1.79. The van der Waals surface area contributed by atoms with E-state index in [-0.39, 0.29) is 18.8 Å². The van der Waals surface area contributed by atoms with E-state index in [2.05, 4.69) is 4.18 Å². The first-order valence-corrected chi connectivity index (χ1v) is 4.94. The summed E-state index contributed by atoms with van der Waals surface area (Å²) in [5.74, 6) is 0.0262. The van der Waals surface area contributed by atoms with Crippen molar-refractivity contribution in [2.45, 2.75) is 19.8 Å². The van der Waals surface area contributed by atoms with Gasteiger partial charge in [0.2, 0.25) is 0 Å². The molecule has 0 spiro atoms. The van der Waals surface area contributed by atoms with E-state index < -0.39 is 10.1 Å². The Balaban J connectivity index is 3.67. The van der Waals surface area contributed by atoms with Crippen LogP contribution in [-0.4, -0.2) is 20.8 Å². The fourth-order valence-electron chi connectivity index (χ4n) is 0.523. The molecule has 0 amide bonds. The molecule has 0 rings (SSSR count). The molecule has 0 aromatic rings. The van der Waals surface area contributed by atoms with E-state index in [1.807, 2.05) is 0 Å². The van der Waals surface area contributed by atoms with Crippen LogP contribution in [0, 0.1) is 11.3 Å². The highest BCUT2D eigenvalue weighted by atomic mass is 32.2. The topological polar surface area (TPSA) is 67.2 Å². The molecule has 0 unspecified atom stereocenters. The minimum absolute atomic E-state index is 0.0262. The fraction of sp³-hybridized carbons (Fsp3) is 0.833. The van der Waals surface area contributed by atoms with Gasteiger partial charge in [0.25, 0.3) is 10.1 Å². The van der Waals surface area contributed by atoms with Crippen LogP contribution < -0.4 is 0 Å². The second-order valence-electron chi connectivity index (χ2n) is 1.99. The van der Waals surface area contributed by atoms with Gasteiger partial charge in [0, 0.05) is 0 Å². The molecule has 64 valence electrons. The quantitative estimate of drug-likeness (QED) is 0.457. The average molecular weight is 177 g/mol. The van der Waals surface area contributed by atoms with Gasteiger partial charge in [-0.15, -0.1) is 0 Å². The average Bonchev–Trinajstić information content (AvgIpc) is 1.87. The summed E-state index contributed by atoms with van der Waals surface area (Å²) in [5.41, 5.74) is 0. The first-order chi connectivity index (χ1) is 5.12. The molecular weight excluding hydrogens is 166 g/mol. The summed E-state index contributed by atoms with van der Waals surface area (Å²) >= 11 is 0. The molecule has 0 atom stereocenters. The third kappa shape index (κ3) is 5.83. The van der Waals surface area contributed by atoms with Crippen molar-refractivity contribution in [3.05, 3.63) is 0 Å². The smallest absolute Gasteiger partial charge is 0.267 e. The van der Waals surface area contributed by atoms with E-state index in [4.69, 9.17) is 5.26 Å². The van der Waals surface area contributed by atoms with E-state index in [0.717, 1.165) is 0 Å². The number of nitriles is 1. The molecule has 0 aromatic heterocycles. The summed E-state index contributed by atoms with van der Waals surface area (Å²) in [6.07, 6.45) is 0.651. The second-order valence-corrected chi connectivity index (χ2v) is 3.75. The predicted octanol–water partition coefficient (Wildman–Crippen LogP) is 0.656. The van der Waals surface area contributed by atoms with Gasteiger partial charge in [-0.3, -0.25) is 4.18 Å². The number of rotatable bonds is 5. The lowest BCUT2D eigenvalue weighted by Crippen LogP contribution is -2.10. The monoisotopic (exact) mass is 177 g/mol. The largest absolute Gasteiger partial charge is 0.269 e. The molecule has 0 saturated carbocycles. The van der Waals surface area contributed by atoms with Crippen LogP contribution in [0.25, 0.3) is 0 Å². The minimum Gasteiger partial charge on any atom is -0.269 e. The molecule has 0 aliphatic heterocycles. The predicted molar refractivity (Wildman–Crippen MR) is 40.3 cm³/mol. The zero-order chi connectivity index (χ0) is 8.74. The highest BCUT2D eigenvalue weighted by Crippen LogP contribution is 1.96. The van der Waals surface area contributed by atoms with Crippen molar-refractivity contribution in [2.24, 2.45) is 0 Å². The SMILES string of the molecule is CCCS(=O)(=O)OCCC#N. The van der Waals surface area contributed by atoms with Gasteiger partial charge in [-0.25, -0.2) is 0 Å². The Morgan fingerprint density at radius 3 is 2.64 bits per heavy atom. The number of hydrogen-bond acceptors (Lipinski definition) is 4. The Morgan fingerprint density at radius 1 is 1.55 bits per heavy atom. The van der Waals surface area contributed by atoms with Gasteiger partial charge in [-0.05, 0) is 6.42 Å². The van der Waals surface area contributed by atoms with Crippen LogP contribution in [-0.2, 0) is 14.3 Å². The maximum Gasteiger partial charge on any atom is 0.267 e. The third-order valence-electron chi connectivity index (χ3n) is 0.931. The van der Waals surface area contributed by atoms with Gasteiger partial charge in [0.05, 0.1) is 24.8 Å². The molecule has 0 bridgehead atoms. The van der Waals surface area contributed by atoms with Crippen LogP contribution >= 0.6 is 0 Å². The fourth-order valence-corrected chi connectivity index (χ4v) is 1.48. The minimum atomic E-state index is -3.35. The van der Waals surface area contributed by atoms with Gasteiger partial charge < -0.3 is 0 Å². The van der Waals surface area contributed by atoms with Crippen LogP contribution in [0.5, 0.6) is 0 Å². The standard InChI is InChI=1S/C6H11NO3S/c1-2-6-11(8,9)10-5-3-4-7/h2-3,5-6H2,1H3. The summed E-state index contributed by atoms with van der Waals surface area (Å²) < 4.78 is 26.0. The van der Waals surface area contributed by atoms with Crippen molar-refractivity contribution in [2.75, 3.05) is 12.4 Å². The Labute approximate surface area is 66.9 Å². The van der Waals surface area contributed by atoms with E-state index in [9.17, 15) is 8.42 Å². The highest BCUT2D eigenvalue weighted by molar-refractivity contribution is 7.86. The van der Waals surface area contributed by atoms with E-state index >= 15 is 0 Å². The second kappa shape index (κ2) is 5.10. The van der Waals surface area contributed by atoms with E-state index in [0.29, 0.717) is 6.42 Å². The Kier molecular flexibility index (Phi) is 4.83. The molecule has 0 aliphatic rings. The third-order valence-corrected chi connectivity index (χ3v) is 2.36. The Morgan fingerprint density at radius 2 is 2.18 bits per heavy atom. The van der Waals surface area contributed by atoms with Crippen molar-refractivity contribution in [1.29, 1.82) is 5.26 Å². The Hall–Kier alpha value is -0.600. The maximum absolute atomic E-state index is 10.8. The molecule has 0 aliphatic carbocycles. The van der Waals surface area contributed by atoms with Crippen LogP contribution in [0.3, 0.4) is 0 Å². The van der Waals surface area contributed by atoms with Crippen LogP contribution in [0.2, 0.25) is 0 Å². The zero-order valence-electron chi connectivity index (χ0n) is 6.41. The molecular formula is C6H11NO3S. The molecule has 0 saturated heterocycles. The summed E-state index contributed by atoms with van der Waals surface area (Å²) in [7, 11) is -3.35. The van der Waals surface area contributed by atoms with E-state index in [1.54, 1.807) is 13.0 Å². The van der Waals surface area contributed by atoms with Crippen molar-refractivity contribution in [3.63, 3.8) is 0 Å². The van der Waals surface area contributed by atoms with Gasteiger partial charge in [-0.2, -0.15) is 13.7 Å². The lowest BCUT2D eigenvalue weighted by atomic mass is 10.5. The first-order valence-electron chi connectivity index (χ1n) is 3.36. The summed E-state index contributed by atoms with van der Waals surface area (Å²) in [5, 5.41) is 8.07. The summed E-state index contributed by atoms with van der Waals surface area (Å²) in [6.45, 7) is 1.73. The van der Waals surface area contributed by atoms with E-state index in [1.165, 1.54) is 0 Å². The van der Waals surface area contributed by atoms with Crippen molar-refractivity contribution in [1.82, 2.24) is 0 Å². The van der Waals surface area contributed by atoms with Crippen LogP contribution in [0.1, 0.15) is 19.8 Å². The molecule has 11 heavy (non-hydrogen) atoms. The zero-order valence-corrected chi connectivity index (χ0v) is 7.23. The Bertz CT molecular complexity index is 227. The summed E-state index contributed by atoms with van der Waals surface area (Å²) in [4.78, 5) is 0. The van der Waals surface area contributed by atoms with Crippen molar-refractivity contribution in [3.8, 4) is 6.07 Å². The van der Waals surface area contributed by atoms with Crippen molar-refractivity contribution >= 4 is 10.1 Å². The molecule has 4 nitrogen and oxygen atoms in total. The molecule has 0 radical (unpaired) electrons. The van der Waals surface area contributed by atoms with Gasteiger partial charge in [0.15, 0.2) is 0 Å². The normalized spacial score (nSPS) is 10.9. The molecule has 0 N–H and O–H groups in total. The highest BCUT2D eigenvalue weighted by Gasteiger charge is 2.07. The van der Waals surface area contributed by atoms with Crippen LogP contribution in [0.15, 0.2) is 0 Å².